The fourth-order valence-electron chi connectivity index (χ4n) is 6.84. The van der Waals surface area contributed by atoms with Crippen molar-refractivity contribution in [1.82, 2.24) is 10.2 Å². The average molecular weight is 540 g/mol. The van der Waals surface area contributed by atoms with Crippen molar-refractivity contribution in [3.63, 3.8) is 0 Å². The molecule has 38 heavy (non-hydrogen) atoms. The van der Waals surface area contributed by atoms with E-state index in [2.05, 4.69) is 10.6 Å². The van der Waals surface area contributed by atoms with Crippen molar-refractivity contribution in [2.45, 2.75) is 62.8 Å². The Balaban J connectivity index is 1.62. The quantitative estimate of drug-likeness (QED) is 0.450. The van der Waals surface area contributed by atoms with Crippen LogP contribution < -0.4 is 10.6 Å². The summed E-state index contributed by atoms with van der Waals surface area (Å²) in [5.41, 5.74) is -0.910. The SMILES string of the molecule is CCCNC(=O)[C@@H]1[C@H]2C(=O)N([C@H](CO)c3ccccc3)C(C(=O)Nc3ccccc3Cl)C23CC[C@@]1(CC)O3. The summed E-state index contributed by atoms with van der Waals surface area (Å²) in [7, 11) is 0. The van der Waals surface area contributed by atoms with Crippen LogP contribution in [0, 0.1) is 11.8 Å². The van der Waals surface area contributed by atoms with Gasteiger partial charge in [-0.3, -0.25) is 14.4 Å². The van der Waals surface area contributed by atoms with Crippen LogP contribution in [0.2, 0.25) is 5.02 Å². The standard InChI is InChI=1S/C29H34ClN3O5/c1-3-16-31-25(35)22-23-27(37)33(21(17-34)18-10-6-5-7-11-18)24(29(23)15-14-28(22,4-2)38-29)26(36)32-20-13-9-8-12-19(20)30/h5-13,21-24,34H,3-4,14-17H2,1-2H3,(H,31,35)(H,32,36)/t21-,22+,23+,24?,28-,29?/m1/s1. The van der Waals surface area contributed by atoms with Crippen molar-refractivity contribution in [2.75, 3.05) is 18.5 Å². The van der Waals surface area contributed by atoms with Crippen molar-refractivity contribution in [1.29, 1.82) is 0 Å². The lowest BCUT2D eigenvalue weighted by Crippen LogP contribution is -2.54. The zero-order chi connectivity index (χ0) is 27.1. The minimum Gasteiger partial charge on any atom is -0.394 e. The molecule has 3 saturated heterocycles. The van der Waals surface area contributed by atoms with E-state index in [0.29, 0.717) is 42.1 Å². The van der Waals surface area contributed by atoms with E-state index in [0.717, 1.165) is 6.42 Å². The maximum Gasteiger partial charge on any atom is 0.250 e. The van der Waals surface area contributed by atoms with Crippen LogP contribution in [0.4, 0.5) is 5.69 Å². The molecule has 1 spiro atoms. The molecule has 2 aromatic carbocycles. The summed E-state index contributed by atoms with van der Waals surface area (Å²) in [6.07, 6.45) is 2.33. The van der Waals surface area contributed by atoms with E-state index in [4.69, 9.17) is 16.3 Å². The van der Waals surface area contributed by atoms with Gasteiger partial charge in [-0.25, -0.2) is 0 Å². The number of halogens is 1. The maximum absolute atomic E-state index is 14.4. The summed E-state index contributed by atoms with van der Waals surface area (Å²) in [5.74, 6) is -2.59. The number of nitrogens with one attached hydrogen (secondary N) is 2. The van der Waals surface area contributed by atoms with Gasteiger partial charge in [-0.15, -0.1) is 0 Å². The number of benzene rings is 2. The highest BCUT2D eigenvalue weighted by atomic mass is 35.5. The first kappa shape index (κ1) is 26.7. The lowest BCUT2D eigenvalue weighted by atomic mass is 9.65. The molecular formula is C29H34ClN3O5. The molecule has 0 aromatic heterocycles. The average Bonchev–Trinajstić information content (AvgIpc) is 3.53. The topological polar surface area (TPSA) is 108 Å². The summed E-state index contributed by atoms with van der Waals surface area (Å²) >= 11 is 6.35. The number of anilines is 1. The van der Waals surface area contributed by atoms with Crippen molar-refractivity contribution in [3.8, 4) is 0 Å². The fourth-order valence-corrected chi connectivity index (χ4v) is 7.02. The number of fused-ring (bicyclic) bond motifs is 1. The van der Waals surface area contributed by atoms with Gasteiger partial charge in [0.1, 0.15) is 11.6 Å². The Kier molecular flexibility index (Phi) is 7.24. The molecule has 0 aliphatic carbocycles. The second-order valence-electron chi connectivity index (χ2n) is 10.4. The number of rotatable bonds is 9. The summed E-state index contributed by atoms with van der Waals surface area (Å²) < 4.78 is 6.77. The summed E-state index contributed by atoms with van der Waals surface area (Å²) in [6, 6.07) is 14.2. The van der Waals surface area contributed by atoms with Crippen LogP contribution in [-0.4, -0.2) is 58.1 Å². The van der Waals surface area contributed by atoms with E-state index in [9.17, 15) is 19.5 Å². The Hall–Kier alpha value is -2.94. The van der Waals surface area contributed by atoms with Gasteiger partial charge in [0.2, 0.25) is 17.7 Å². The molecule has 2 bridgehead atoms. The molecule has 3 aliphatic heterocycles. The predicted molar refractivity (Wildman–Crippen MR) is 143 cm³/mol. The van der Waals surface area contributed by atoms with Gasteiger partial charge in [0.15, 0.2) is 0 Å². The smallest absolute Gasteiger partial charge is 0.250 e. The van der Waals surface area contributed by atoms with Crippen molar-refractivity contribution >= 4 is 35.0 Å². The third-order valence-corrected chi connectivity index (χ3v) is 8.85. The van der Waals surface area contributed by atoms with Crippen molar-refractivity contribution < 1.29 is 24.2 Å². The molecule has 3 aliphatic rings. The van der Waals surface area contributed by atoms with E-state index >= 15 is 0 Å². The number of likely N-dealkylation sites (tertiary alicyclic amines) is 1. The highest BCUT2D eigenvalue weighted by Crippen LogP contribution is 2.65. The van der Waals surface area contributed by atoms with E-state index < -0.39 is 41.0 Å². The third-order valence-electron chi connectivity index (χ3n) is 8.52. The number of para-hydroxylation sites is 1. The van der Waals surface area contributed by atoms with E-state index in [-0.39, 0.29) is 18.4 Å². The number of carbonyl (C=O) groups excluding carboxylic acids is 3. The van der Waals surface area contributed by atoms with Gasteiger partial charge in [0.05, 0.1) is 40.8 Å². The van der Waals surface area contributed by atoms with Crippen LogP contribution in [0.1, 0.15) is 51.1 Å². The Bertz CT molecular complexity index is 1230. The van der Waals surface area contributed by atoms with Gasteiger partial charge in [-0.2, -0.15) is 0 Å². The number of aliphatic hydroxyl groups excluding tert-OH is 1. The predicted octanol–water partition coefficient (Wildman–Crippen LogP) is 3.69. The van der Waals surface area contributed by atoms with Crippen LogP contribution >= 0.6 is 11.6 Å². The molecule has 0 radical (unpaired) electrons. The summed E-state index contributed by atoms with van der Waals surface area (Å²) in [4.78, 5) is 43.5. The van der Waals surface area contributed by atoms with Crippen LogP contribution in [0.25, 0.3) is 0 Å². The van der Waals surface area contributed by atoms with Crippen LogP contribution in [-0.2, 0) is 19.1 Å². The monoisotopic (exact) mass is 539 g/mol. The number of carbonyl (C=O) groups is 3. The van der Waals surface area contributed by atoms with E-state index in [1.807, 2.05) is 44.2 Å². The molecule has 3 N–H and O–H groups in total. The van der Waals surface area contributed by atoms with Crippen molar-refractivity contribution in [2.24, 2.45) is 11.8 Å². The lowest BCUT2D eigenvalue weighted by molar-refractivity contribution is -0.149. The van der Waals surface area contributed by atoms with Crippen LogP contribution in [0.5, 0.6) is 0 Å². The van der Waals surface area contributed by atoms with Gasteiger partial charge in [0.25, 0.3) is 0 Å². The molecule has 6 atom stereocenters. The Labute approximate surface area is 227 Å². The van der Waals surface area contributed by atoms with Gasteiger partial charge in [0, 0.05) is 6.54 Å². The first-order chi connectivity index (χ1) is 18.3. The summed E-state index contributed by atoms with van der Waals surface area (Å²) in [6.45, 7) is 4.03. The Morgan fingerprint density at radius 1 is 1.11 bits per heavy atom. The van der Waals surface area contributed by atoms with Crippen LogP contribution in [0.3, 0.4) is 0 Å². The minimum atomic E-state index is -1.20. The largest absolute Gasteiger partial charge is 0.394 e. The molecule has 9 heteroatoms. The highest BCUT2D eigenvalue weighted by Gasteiger charge is 2.79. The molecule has 3 amide bonds. The second-order valence-corrected chi connectivity index (χ2v) is 10.9. The molecule has 3 heterocycles. The molecule has 2 aromatic rings. The molecular weight excluding hydrogens is 506 g/mol. The van der Waals surface area contributed by atoms with E-state index in [1.54, 1.807) is 24.3 Å². The number of ether oxygens (including phenoxy) is 1. The number of amides is 3. The maximum atomic E-state index is 14.4. The third kappa shape index (κ3) is 4.01. The number of nitrogens with zero attached hydrogens (tertiary/aromatic N) is 1. The zero-order valence-corrected chi connectivity index (χ0v) is 22.4. The van der Waals surface area contributed by atoms with Crippen molar-refractivity contribution in [3.05, 3.63) is 65.2 Å². The Morgan fingerprint density at radius 3 is 2.47 bits per heavy atom. The molecule has 3 fully saturated rings. The first-order valence-electron chi connectivity index (χ1n) is 13.3. The number of hydrogen-bond donors (Lipinski definition) is 3. The van der Waals surface area contributed by atoms with Crippen LogP contribution in [0.15, 0.2) is 54.6 Å². The van der Waals surface area contributed by atoms with Gasteiger partial charge in [-0.05, 0) is 43.4 Å². The van der Waals surface area contributed by atoms with Gasteiger partial charge >= 0.3 is 0 Å². The first-order valence-corrected chi connectivity index (χ1v) is 13.7. The zero-order valence-electron chi connectivity index (χ0n) is 21.7. The Morgan fingerprint density at radius 2 is 1.82 bits per heavy atom. The minimum absolute atomic E-state index is 0.221. The van der Waals surface area contributed by atoms with Gasteiger partial charge in [-0.1, -0.05) is 67.9 Å². The lowest BCUT2D eigenvalue weighted by Gasteiger charge is -2.37. The molecule has 202 valence electrons. The molecule has 0 saturated carbocycles. The molecule has 8 nitrogen and oxygen atoms in total. The number of hydrogen-bond acceptors (Lipinski definition) is 5. The van der Waals surface area contributed by atoms with Gasteiger partial charge < -0.3 is 25.4 Å². The molecule has 5 rings (SSSR count). The highest BCUT2D eigenvalue weighted by molar-refractivity contribution is 6.33. The molecule has 2 unspecified atom stereocenters. The van der Waals surface area contributed by atoms with E-state index in [1.165, 1.54) is 4.90 Å². The number of aliphatic hydroxyl groups is 1. The fraction of sp³-hybridized carbons (Fsp3) is 0.483. The second kappa shape index (κ2) is 10.3. The normalized spacial score (nSPS) is 30.3. The summed E-state index contributed by atoms with van der Waals surface area (Å²) in [5, 5.41) is 16.8.